The average molecular weight is 310 g/mol. The maximum atomic E-state index is 6.48. The number of rotatable bonds is 8. The molecule has 2 heterocycles. The Hall–Kier alpha value is -1.26. The summed E-state index contributed by atoms with van der Waals surface area (Å²) < 4.78 is 7.42. The van der Waals surface area contributed by atoms with Gasteiger partial charge in [-0.25, -0.2) is 0 Å². The summed E-state index contributed by atoms with van der Waals surface area (Å²) in [6.07, 6.45) is 5.42. The number of aryl methyl sites for hydroxylation is 3. The van der Waals surface area contributed by atoms with E-state index in [0.29, 0.717) is 6.04 Å². The fourth-order valence-corrected chi connectivity index (χ4v) is 2.91. The predicted molar refractivity (Wildman–Crippen MR) is 85.9 cm³/mol. The minimum atomic E-state index is 0.360. The van der Waals surface area contributed by atoms with Gasteiger partial charge in [-0.2, -0.15) is 5.10 Å². The van der Waals surface area contributed by atoms with E-state index in [9.17, 15) is 0 Å². The molecule has 0 fully saturated rings. The van der Waals surface area contributed by atoms with Crippen molar-refractivity contribution in [3.05, 3.63) is 40.6 Å². The highest BCUT2D eigenvalue weighted by atomic mass is 35.5. The van der Waals surface area contributed by atoms with Crippen LogP contribution in [0.15, 0.2) is 22.8 Å². The van der Waals surface area contributed by atoms with Crippen molar-refractivity contribution < 1.29 is 4.42 Å². The highest BCUT2D eigenvalue weighted by Crippen LogP contribution is 2.23. The Balaban J connectivity index is 2.05. The third-order valence-corrected chi connectivity index (χ3v) is 4.30. The Kier molecular flexibility index (Phi) is 5.88. The Bertz CT molecular complexity index is 548. The Morgan fingerprint density at radius 2 is 2.24 bits per heavy atom. The van der Waals surface area contributed by atoms with Crippen LogP contribution in [0.25, 0.3) is 0 Å². The van der Waals surface area contributed by atoms with Gasteiger partial charge in [0.05, 0.1) is 22.7 Å². The molecule has 2 rings (SSSR count). The smallest absolute Gasteiger partial charge is 0.103 e. The van der Waals surface area contributed by atoms with Gasteiger partial charge in [0, 0.05) is 25.4 Å². The topological polar surface area (TPSA) is 43.0 Å². The van der Waals surface area contributed by atoms with Crippen LogP contribution in [0, 0.1) is 0 Å². The maximum absolute atomic E-state index is 6.48. The van der Waals surface area contributed by atoms with Gasteiger partial charge in [-0.15, -0.1) is 0 Å². The van der Waals surface area contributed by atoms with E-state index in [1.165, 1.54) is 0 Å². The fraction of sp³-hybridized carbons (Fsp3) is 0.562. The second kappa shape index (κ2) is 7.66. The van der Waals surface area contributed by atoms with Gasteiger partial charge in [-0.05, 0) is 38.9 Å². The zero-order valence-corrected chi connectivity index (χ0v) is 13.8. The molecular weight excluding hydrogens is 286 g/mol. The van der Waals surface area contributed by atoms with E-state index in [0.717, 1.165) is 54.4 Å². The lowest BCUT2D eigenvalue weighted by Crippen LogP contribution is -2.29. The molecule has 0 radical (unpaired) electrons. The van der Waals surface area contributed by atoms with Gasteiger partial charge in [0.1, 0.15) is 5.76 Å². The van der Waals surface area contributed by atoms with E-state index in [2.05, 4.69) is 24.3 Å². The predicted octanol–water partition coefficient (Wildman–Crippen LogP) is 3.48. The van der Waals surface area contributed by atoms with Crippen molar-refractivity contribution in [2.24, 2.45) is 0 Å². The number of nitrogens with zero attached hydrogens (tertiary/aromatic N) is 2. The minimum Gasteiger partial charge on any atom is -0.469 e. The molecule has 0 amide bonds. The number of hydrogen-bond donors (Lipinski definition) is 1. The van der Waals surface area contributed by atoms with Crippen molar-refractivity contribution in [1.29, 1.82) is 0 Å². The van der Waals surface area contributed by atoms with Gasteiger partial charge in [0.25, 0.3) is 0 Å². The van der Waals surface area contributed by atoms with E-state index < -0.39 is 0 Å². The van der Waals surface area contributed by atoms with Crippen LogP contribution in [0.3, 0.4) is 0 Å². The van der Waals surface area contributed by atoms with Gasteiger partial charge in [0.2, 0.25) is 0 Å². The van der Waals surface area contributed by atoms with Crippen LogP contribution in [0.2, 0.25) is 5.02 Å². The lowest BCUT2D eigenvalue weighted by molar-refractivity contribution is 0.451. The molecule has 4 nitrogen and oxygen atoms in total. The molecule has 2 aromatic heterocycles. The summed E-state index contributed by atoms with van der Waals surface area (Å²) in [5.41, 5.74) is 2.13. The molecule has 1 N–H and O–H groups in total. The van der Waals surface area contributed by atoms with Crippen LogP contribution < -0.4 is 5.32 Å². The van der Waals surface area contributed by atoms with E-state index in [-0.39, 0.29) is 0 Å². The van der Waals surface area contributed by atoms with Gasteiger partial charge in [-0.1, -0.05) is 18.5 Å². The van der Waals surface area contributed by atoms with Gasteiger partial charge >= 0.3 is 0 Å². The molecule has 0 aromatic carbocycles. The summed E-state index contributed by atoms with van der Waals surface area (Å²) in [4.78, 5) is 0. The first kappa shape index (κ1) is 16.1. The molecule has 0 saturated carbocycles. The number of aromatic nitrogens is 2. The number of furan rings is 1. The molecule has 21 heavy (non-hydrogen) atoms. The zero-order valence-electron chi connectivity index (χ0n) is 13.0. The SMILES string of the molecule is CCc1nn(CC)c(CC(CCc2ccco2)NC)c1Cl. The van der Waals surface area contributed by atoms with E-state index in [1.54, 1.807) is 6.26 Å². The standard InChI is InChI=1S/C16H24ClN3O/c1-4-14-16(17)15(20(5-2)19-14)11-12(18-3)8-9-13-7-6-10-21-13/h6-7,10,12,18H,4-5,8-9,11H2,1-3H3. The van der Waals surface area contributed by atoms with Crippen molar-refractivity contribution >= 4 is 11.6 Å². The van der Waals surface area contributed by atoms with Crippen LogP contribution in [0.5, 0.6) is 0 Å². The van der Waals surface area contributed by atoms with E-state index >= 15 is 0 Å². The van der Waals surface area contributed by atoms with Gasteiger partial charge in [-0.3, -0.25) is 4.68 Å². The molecule has 0 bridgehead atoms. The Labute approximate surface area is 131 Å². The first-order valence-corrected chi connectivity index (χ1v) is 8.01. The van der Waals surface area contributed by atoms with Gasteiger partial charge < -0.3 is 9.73 Å². The van der Waals surface area contributed by atoms with E-state index in [4.69, 9.17) is 16.0 Å². The molecule has 0 aliphatic rings. The molecular formula is C16H24ClN3O. The quantitative estimate of drug-likeness (QED) is 0.812. The molecule has 2 aromatic rings. The normalized spacial score (nSPS) is 12.8. The zero-order chi connectivity index (χ0) is 15.2. The molecule has 116 valence electrons. The van der Waals surface area contributed by atoms with Crippen LogP contribution in [0.4, 0.5) is 0 Å². The lowest BCUT2D eigenvalue weighted by atomic mass is 10.0. The van der Waals surface area contributed by atoms with E-state index in [1.807, 2.05) is 23.9 Å². The number of hydrogen-bond acceptors (Lipinski definition) is 3. The Morgan fingerprint density at radius 3 is 2.81 bits per heavy atom. The van der Waals surface area contributed by atoms with Crippen molar-refractivity contribution in [2.75, 3.05) is 7.05 Å². The van der Waals surface area contributed by atoms with Crippen molar-refractivity contribution in [3.8, 4) is 0 Å². The minimum absolute atomic E-state index is 0.360. The van der Waals surface area contributed by atoms with Crippen molar-refractivity contribution in [1.82, 2.24) is 15.1 Å². The number of likely N-dealkylation sites (N-methyl/N-ethyl adjacent to an activating group) is 1. The highest BCUT2D eigenvalue weighted by Gasteiger charge is 2.18. The summed E-state index contributed by atoms with van der Waals surface area (Å²) in [7, 11) is 1.99. The van der Waals surface area contributed by atoms with Crippen LogP contribution in [-0.2, 0) is 25.8 Å². The first-order chi connectivity index (χ1) is 10.2. The summed E-state index contributed by atoms with van der Waals surface area (Å²) in [5.74, 6) is 1.03. The second-order valence-electron chi connectivity index (χ2n) is 5.18. The number of halogens is 1. The third-order valence-electron chi connectivity index (χ3n) is 3.86. The molecule has 0 spiro atoms. The highest BCUT2D eigenvalue weighted by molar-refractivity contribution is 6.31. The molecule has 1 atom stereocenters. The lowest BCUT2D eigenvalue weighted by Gasteiger charge is -2.16. The van der Waals surface area contributed by atoms with Crippen LogP contribution in [-0.4, -0.2) is 22.9 Å². The molecule has 0 saturated heterocycles. The third kappa shape index (κ3) is 3.89. The molecule has 0 aliphatic heterocycles. The van der Waals surface area contributed by atoms with Crippen molar-refractivity contribution in [3.63, 3.8) is 0 Å². The maximum Gasteiger partial charge on any atom is 0.103 e. The summed E-state index contributed by atoms with van der Waals surface area (Å²) in [6.45, 7) is 5.04. The largest absolute Gasteiger partial charge is 0.469 e. The summed E-state index contributed by atoms with van der Waals surface area (Å²) >= 11 is 6.48. The van der Waals surface area contributed by atoms with Crippen LogP contribution in [0.1, 0.15) is 37.4 Å². The molecule has 5 heteroatoms. The summed E-state index contributed by atoms with van der Waals surface area (Å²) in [6, 6.07) is 4.31. The second-order valence-corrected chi connectivity index (χ2v) is 5.56. The first-order valence-electron chi connectivity index (χ1n) is 7.63. The molecule has 1 unspecified atom stereocenters. The summed E-state index contributed by atoms with van der Waals surface area (Å²) in [5, 5.41) is 8.79. The average Bonchev–Trinajstić information content (AvgIpc) is 3.12. The Morgan fingerprint density at radius 1 is 1.43 bits per heavy atom. The van der Waals surface area contributed by atoms with Gasteiger partial charge in [0.15, 0.2) is 0 Å². The molecule has 0 aliphatic carbocycles. The van der Waals surface area contributed by atoms with Crippen molar-refractivity contribution in [2.45, 2.75) is 52.1 Å². The number of nitrogens with one attached hydrogen (secondary N) is 1. The fourth-order valence-electron chi connectivity index (χ4n) is 2.57. The van der Waals surface area contributed by atoms with Crippen LogP contribution >= 0.6 is 11.6 Å². The monoisotopic (exact) mass is 309 g/mol.